The second kappa shape index (κ2) is 6.93. The molecule has 0 bridgehead atoms. The van der Waals surface area contributed by atoms with Crippen LogP contribution in [0.2, 0.25) is 0 Å². The summed E-state index contributed by atoms with van der Waals surface area (Å²) in [5.74, 6) is -4.40. The van der Waals surface area contributed by atoms with Crippen molar-refractivity contribution in [2.45, 2.75) is 18.4 Å². The van der Waals surface area contributed by atoms with Gasteiger partial charge in [-0.05, 0) is 49.4 Å². The molecular weight excluding hydrogens is 357 g/mol. The van der Waals surface area contributed by atoms with Gasteiger partial charge in [0, 0.05) is 16.9 Å². The van der Waals surface area contributed by atoms with E-state index in [1.54, 1.807) is 24.3 Å². The molecule has 3 N–H and O–H groups in total. The zero-order valence-electron chi connectivity index (χ0n) is 14.5. The average molecular weight is 374 g/mol. The molecule has 2 aromatic carbocycles. The van der Waals surface area contributed by atoms with Gasteiger partial charge in [-0.2, -0.15) is 5.26 Å². The van der Waals surface area contributed by atoms with Crippen LogP contribution in [-0.2, 0) is 10.3 Å². The summed E-state index contributed by atoms with van der Waals surface area (Å²) in [6, 6.07) is 12.3. The molecule has 0 radical (unpaired) electrons. The maximum absolute atomic E-state index is 14.7. The van der Waals surface area contributed by atoms with E-state index in [0.29, 0.717) is 16.9 Å². The van der Waals surface area contributed by atoms with Gasteiger partial charge in [0.1, 0.15) is 24.9 Å². The van der Waals surface area contributed by atoms with E-state index in [1.807, 2.05) is 6.07 Å². The Hall–Kier alpha value is -3.05. The number of nitriles is 1. The minimum Gasteiger partial charge on any atom is -0.385 e. The molecule has 0 aromatic heterocycles. The zero-order chi connectivity index (χ0) is 19.7. The average Bonchev–Trinajstić information content (AvgIpc) is 2.73. The molecule has 27 heavy (non-hydrogen) atoms. The molecule has 0 saturated heterocycles. The van der Waals surface area contributed by atoms with Crippen molar-refractivity contribution in [3.05, 3.63) is 59.4 Å². The highest BCUT2D eigenvalue weighted by Crippen LogP contribution is 2.44. The van der Waals surface area contributed by atoms with Crippen molar-refractivity contribution >= 4 is 17.2 Å². The number of aliphatic imine (C=N–C) groups is 1. The summed E-state index contributed by atoms with van der Waals surface area (Å²) in [5.41, 5.74) is 4.63. The van der Waals surface area contributed by atoms with E-state index in [1.165, 1.54) is 12.1 Å². The highest BCUT2D eigenvalue weighted by atomic mass is 19.3. The van der Waals surface area contributed by atoms with Crippen molar-refractivity contribution in [2.24, 2.45) is 10.7 Å². The van der Waals surface area contributed by atoms with Crippen molar-refractivity contribution in [3.8, 4) is 6.07 Å². The number of hydrogen-bond acceptors (Lipinski definition) is 5. The van der Waals surface area contributed by atoms with Gasteiger partial charge in [0.15, 0.2) is 5.54 Å². The van der Waals surface area contributed by atoms with Crippen molar-refractivity contribution < 1.29 is 17.9 Å². The molecule has 0 fully saturated rings. The smallest absolute Gasteiger partial charge is 0.299 e. The van der Waals surface area contributed by atoms with E-state index >= 15 is 0 Å². The van der Waals surface area contributed by atoms with Gasteiger partial charge in [0.2, 0.25) is 0 Å². The lowest BCUT2D eigenvalue weighted by atomic mass is 9.85. The summed E-state index contributed by atoms with van der Waals surface area (Å²) in [7, 11) is 0. The van der Waals surface area contributed by atoms with E-state index in [4.69, 9.17) is 15.7 Å². The highest BCUT2D eigenvalue weighted by Gasteiger charge is 2.54. The van der Waals surface area contributed by atoms with E-state index < -0.39 is 23.9 Å². The molecule has 8 heteroatoms. The Morgan fingerprint density at radius 2 is 1.85 bits per heavy atom. The van der Waals surface area contributed by atoms with E-state index in [9.17, 15) is 13.2 Å². The van der Waals surface area contributed by atoms with Crippen LogP contribution in [0.25, 0.3) is 0 Å². The van der Waals surface area contributed by atoms with Gasteiger partial charge in [-0.15, -0.1) is 0 Å². The maximum atomic E-state index is 14.7. The Kier molecular flexibility index (Phi) is 4.81. The lowest BCUT2D eigenvalue weighted by molar-refractivity contribution is -0.116. The number of nitrogens with one attached hydrogen (secondary N) is 1. The van der Waals surface area contributed by atoms with Crippen molar-refractivity contribution in [1.82, 2.24) is 0 Å². The predicted octanol–water partition coefficient (Wildman–Crippen LogP) is 3.68. The van der Waals surface area contributed by atoms with Crippen molar-refractivity contribution in [1.29, 1.82) is 5.26 Å². The molecule has 1 aliphatic rings. The Bertz CT molecular complexity index is 922. The van der Waals surface area contributed by atoms with Gasteiger partial charge in [-0.3, -0.25) is 4.99 Å². The lowest BCUT2D eigenvalue weighted by Crippen LogP contribution is -2.45. The first-order valence-corrected chi connectivity index (χ1v) is 8.12. The number of anilines is 2. The van der Waals surface area contributed by atoms with Crippen molar-refractivity contribution in [3.63, 3.8) is 0 Å². The first-order chi connectivity index (χ1) is 12.7. The number of benzene rings is 2. The molecule has 140 valence electrons. The molecule has 0 aliphatic carbocycles. The van der Waals surface area contributed by atoms with Gasteiger partial charge < -0.3 is 15.8 Å². The van der Waals surface area contributed by atoms with Gasteiger partial charge in [-0.1, -0.05) is 0 Å². The van der Waals surface area contributed by atoms with Crippen LogP contribution in [0.1, 0.15) is 18.1 Å². The summed E-state index contributed by atoms with van der Waals surface area (Å²) >= 11 is 0. The molecule has 3 rings (SSSR count). The summed E-state index contributed by atoms with van der Waals surface area (Å²) < 4.78 is 48.7. The molecule has 0 saturated carbocycles. The third kappa shape index (κ3) is 3.59. The number of rotatable bonds is 3. The number of ether oxygens (including phenoxy) is 1. The number of nitrogens with zero attached hydrogens (tertiary/aromatic N) is 2. The monoisotopic (exact) mass is 374 g/mol. The largest absolute Gasteiger partial charge is 0.385 e. The van der Waals surface area contributed by atoms with Crippen LogP contribution in [0.3, 0.4) is 0 Å². The number of hydrogen-bond donors (Lipinski definition) is 2. The molecule has 1 heterocycles. The van der Waals surface area contributed by atoms with Gasteiger partial charge in [0.05, 0.1) is 11.6 Å². The van der Waals surface area contributed by atoms with Crippen LogP contribution in [0.15, 0.2) is 47.5 Å². The van der Waals surface area contributed by atoms with E-state index in [-0.39, 0.29) is 18.0 Å². The van der Waals surface area contributed by atoms with E-state index in [2.05, 4.69) is 10.3 Å². The van der Waals surface area contributed by atoms with Crippen LogP contribution < -0.4 is 11.1 Å². The molecule has 0 amide bonds. The van der Waals surface area contributed by atoms with Gasteiger partial charge in [0.25, 0.3) is 5.92 Å². The fourth-order valence-electron chi connectivity index (χ4n) is 2.85. The Balaban J connectivity index is 2.01. The van der Waals surface area contributed by atoms with E-state index in [0.717, 1.165) is 13.0 Å². The van der Waals surface area contributed by atoms with Crippen LogP contribution >= 0.6 is 0 Å². The third-order valence-electron chi connectivity index (χ3n) is 4.41. The summed E-state index contributed by atoms with van der Waals surface area (Å²) in [6.07, 6.45) is 0. The SMILES string of the molecule is CC1(c2cc(Nc3ccc(C#N)cc3)ccc2F)N=C(N)COCC1(F)F. The molecular formula is C19H17F3N4O. The Morgan fingerprint density at radius 1 is 1.19 bits per heavy atom. The first kappa shape index (κ1) is 18.7. The molecule has 1 atom stereocenters. The standard InChI is InChI=1S/C19H17F3N4O/c1-18(19(21,22)11-27-10-17(24)26-18)15-8-14(6-7-16(15)20)25-13-4-2-12(9-23)3-5-13/h2-8,25H,10-11H2,1H3,(H2,24,26). The number of halogens is 3. The second-order valence-corrected chi connectivity index (χ2v) is 6.38. The fraction of sp³-hybridized carbons (Fsp3) is 0.263. The topological polar surface area (TPSA) is 83.4 Å². The van der Waals surface area contributed by atoms with Crippen molar-refractivity contribution in [2.75, 3.05) is 18.5 Å². The molecule has 0 spiro atoms. The molecule has 1 aliphatic heterocycles. The number of amidine groups is 1. The highest BCUT2D eigenvalue weighted by molar-refractivity contribution is 5.82. The van der Waals surface area contributed by atoms with Gasteiger partial charge in [-0.25, -0.2) is 13.2 Å². The van der Waals surface area contributed by atoms with Gasteiger partial charge >= 0.3 is 0 Å². The lowest BCUT2D eigenvalue weighted by Gasteiger charge is -2.33. The van der Waals surface area contributed by atoms with Crippen LogP contribution in [0.5, 0.6) is 0 Å². The minimum absolute atomic E-state index is 0.125. The summed E-state index contributed by atoms with van der Waals surface area (Å²) in [5, 5.41) is 11.8. The third-order valence-corrected chi connectivity index (χ3v) is 4.41. The Labute approximate surface area is 154 Å². The Morgan fingerprint density at radius 3 is 2.52 bits per heavy atom. The molecule has 1 unspecified atom stereocenters. The molecule has 5 nitrogen and oxygen atoms in total. The quantitative estimate of drug-likeness (QED) is 0.859. The van der Waals surface area contributed by atoms with Crippen LogP contribution in [0.4, 0.5) is 24.5 Å². The zero-order valence-corrected chi connectivity index (χ0v) is 14.5. The second-order valence-electron chi connectivity index (χ2n) is 6.38. The van der Waals surface area contributed by atoms with Crippen LogP contribution in [-0.4, -0.2) is 25.0 Å². The number of alkyl halides is 2. The first-order valence-electron chi connectivity index (χ1n) is 8.12. The predicted molar refractivity (Wildman–Crippen MR) is 95.6 cm³/mol. The summed E-state index contributed by atoms with van der Waals surface area (Å²) in [6.45, 7) is -0.0190. The summed E-state index contributed by atoms with van der Waals surface area (Å²) in [4.78, 5) is 3.88. The molecule has 2 aromatic rings. The minimum atomic E-state index is -3.46. The maximum Gasteiger partial charge on any atom is 0.299 e. The van der Waals surface area contributed by atoms with Crippen LogP contribution in [0, 0.1) is 17.1 Å². The normalized spacial score (nSPS) is 21.7. The fourth-order valence-corrected chi connectivity index (χ4v) is 2.85. The number of nitrogens with two attached hydrogens (primary N) is 1.